The molecule has 3 rings (SSSR count). The Labute approximate surface area is 163 Å². The van der Waals surface area contributed by atoms with E-state index in [0.29, 0.717) is 10.7 Å². The largest absolute Gasteiger partial charge is 0.271 e. The number of hydrogen-bond donors (Lipinski definition) is 1. The van der Waals surface area contributed by atoms with Crippen LogP contribution in [0.25, 0.3) is 0 Å². The molecule has 0 unspecified atom stereocenters. The standard InChI is InChI=1S/C19H20ClN3O3S/c20-15-10-12-18(13-11-15)27(25,26)23(17-8-2-1-3-9-17)14-19(24)22-21-16-6-4-5-7-16/h1-3,8-13H,4-7,14H2,(H,22,24). The number of carbonyl (C=O) groups excluding carboxylic acids is 1. The van der Waals surface area contributed by atoms with E-state index in [2.05, 4.69) is 10.5 Å². The van der Waals surface area contributed by atoms with E-state index >= 15 is 0 Å². The summed E-state index contributed by atoms with van der Waals surface area (Å²) in [6.07, 6.45) is 3.86. The van der Waals surface area contributed by atoms with E-state index in [0.717, 1.165) is 35.7 Å². The highest BCUT2D eigenvalue weighted by Gasteiger charge is 2.27. The summed E-state index contributed by atoms with van der Waals surface area (Å²) < 4.78 is 27.3. The fourth-order valence-electron chi connectivity index (χ4n) is 2.85. The topological polar surface area (TPSA) is 78.8 Å². The van der Waals surface area contributed by atoms with Gasteiger partial charge in [0.2, 0.25) is 0 Å². The van der Waals surface area contributed by atoms with E-state index < -0.39 is 15.9 Å². The Balaban J connectivity index is 1.86. The Morgan fingerprint density at radius 1 is 1.04 bits per heavy atom. The van der Waals surface area contributed by atoms with Crippen LogP contribution in [-0.2, 0) is 14.8 Å². The molecule has 0 aliphatic heterocycles. The number of hydrogen-bond acceptors (Lipinski definition) is 4. The predicted molar refractivity (Wildman–Crippen MR) is 106 cm³/mol. The minimum Gasteiger partial charge on any atom is -0.271 e. The van der Waals surface area contributed by atoms with Crippen LogP contribution in [-0.4, -0.2) is 26.6 Å². The van der Waals surface area contributed by atoms with Crippen LogP contribution in [0.1, 0.15) is 25.7 Å². The zero-order valence-corrected chi connectivity index (χ0v) is 16.2. The number of nitrogens with one attached hydrogen (secondary N) is 1. The quantitative estimate of drug-likeness (QED) is 0.746. The first-order valence-electron chi connectivity index (χ1n) is 8.64. The summed E-state index contributed by atoms with van der Waals surface area (Å²) in [5.74, 6) is -0.490. The monoisotopic (exact) mass is 405 g/mol. The summed E-state index contributed by atoms with van der Waals surface area (Å²) in [5.41, 5.74) is 3.82. The summed E-state index contributed by atoms with van der Waals surface area (Å²) in [7, 11) is -3.94. The molecule has 0 aromatic heterocycles. The second-order valence-corrected chi connectivity index (χ2v) is 8.52. The minimum absolute atomic E-state index is 0.0608. The Morgan fingerprint density at radius 3 is 2.30 bits per heavy atom. The number of halogens is 1. The number of anilines is 1. The summed E-state index contributed by atoms with van der Waals surface area (Å²) in [4.78, 5) is 12.4. The highest BCUT2D eigenvalue weighted by molar-refractivity contribution is 7.92. The summed E-state index contributed by atoms with van der Waals surface area (Å²) >= 11 is 5.86. The predicted octanol–water partition coefficient (Wildman–Crippen LogP) is 3.58. The average Bonchev–Trinajstić information content (AvgIpc) is 3.19. The number of para-hydroxylation sites is 1. The van der Waals surface area contributed by atoms with Gasteiger partial charge < -0.3 is 0 Å². The van der Waals surface area contributed by atoms with Gasteiger partial charge in [0.05, 0.1) is 10.6 Å². The Hall–Kier alpha value is -2.38. The lowest BCUT2D eigenvalue weighted by molar-refractivity contribution is -0.119. The van der Waals surface area contributed by atoms with Gasteiger partial charge in [-0.05, 0) is 62.1 Å². The molecule has 0 atom stereocenters. The molecule has 0 spiro atoms. The van der Waals surface area contributed by atoms with E-state index in [1.54, 1.807) is 30.3 Å². The van der Waals surface area contributed by atoms with Crippen LogP contribution >= 0.6 is 11.6 Å². The molecule has 1 aliphatic rings. The molecule has 1 N–H and O–H groups in total. The van der Waals surface area contributed by atoms with Crippen molar-refractivity contribution in [3.05, 3.63) is 59.6 Å². The third kappa shape index (κ3) is 4.87. The van der Waals surface area contributed by atoms with Crippen molar-refractivity contribution in [3.8, 4) is 0 Å². The Kier molecular flexibility index (Phi) is 6.13. The van der Waals surface area contributed by atoms with E-state index in [-0.39, 0.29) is 11.4 Å². The SMILES string of the molecule is O=C(CN(c1ccccc1)S(=O)(=O)c1ccc(Cl)cc1)NN=C1CCCC1. The molecule has 0 radical (unpaired) electrons. The van der Waals surface area contributed by atoms with Gasteiger partial charge in [0.1, 0.15) is 6.54 Å². The van der Waals surface area contributed by atoms with Crippen molar-refractivity contribution in [2.75, 3.05) is 10.8 Å². The fourth-order valence-corrected chi connectivity index (χ4v) is 4.39. The van der Waals surface area contributed by atoms with Gasteiger partial charge in [-0.3, -0.25) is 9.10 Å². The van der Waals surface area contributed by atoms with Gasteiger partial charge in [0.15, 0.2) is 0 Å². The Bertz CT molecular complexity index is 920. The molecule has 1 fully saturated rings. The Morgan fingerprint density at radius 2 is 1.67 bits per heavy atom. The van der Waals surface area contributed by atoms with Gasteiger partial charge in [0.25, 0.3) is 15.9 Å². The average molecular weight is 406 g/mol. The molecule has 8 heteroatoms. The van der Waals surface area contributed by atoms with Gasteiger partial charge in [0, 0.05) is 10.7 Å². The van der Waals surface area contributed by atoms with Crippen LogP contribution in [0.2, 0.25) is 5.02 Å². The van der Waals surface area contributed by atoms with Crippen molar-refractivity contribution in [1.82, 2.24) is 5.43 Å². The lowest BCUT2D eigenvalue weighted by atomic mass is 10.3. The van der Waals surface area contributed by atoms with Crippen LogP contribution in [0.5, 0.6) is 0 Å². The van der Waals surface area contributed by atoms with Gasteiger partial charge in [-0.2, -0.15) is 5.10 Å². The van der Waals surface area contributed by atoms with Gasteiger partial charge in [-0.15, -0.1) is 0 Å². The number of amides is 1. The third-order valence-corrected chi connectivity index (χ3v) is 6.29. The third-order valence-electron chi connectivity index (χ3n) is 4.25. The molecule has 2 aromatic rings. The van der Waals surface area contributed by atoms with E-state index in [1.165, 1.54) is 24.3 Å². The molecular formula is C19H20ClN3O3S. The highest BCUT2D eigenvalue weighted by atomic mass is 35.5. The number of nitrogens with zero attached hydrogens (tertiary/aromatic N) is 2. The van der Waals surface area contributed by atoms with Crippen LogP contribution in [0.3, 0.4) is 0 Å². The van der Waals surface area contributed by atoms with Gasteiger partial charge in [-0.1, -0.05) is 29.8 Å². The van der Waals surface area contributed by atoms with Crippen molar-refractivity contribution in [1.29, 1.82) is 0 Å². The maximum Gasteiger partial charge on any atom is 0.264 e. The molecule has 1 aliphatic carbocycles. The van der Waals surface area contributed by atoms with Crippen molar-refractivity contribution < 1.29 is 13.2 Å². The van der Waals surface area contributed by atoms with Gasteiger partial charge in [-0.25, -0.2) is 13.8 Å². The fraction of sp³-hybridized carbons (Fsp3) is 0.263. The minimum atomic E-state index is -3.94. The molecule has 142 valence electrons. The number of carbonyl (C=O) groups is 1. The summed E-state index contributed by atoms with van der Waals surface area (Å²) in [6, 6.07) is 14.4. The maximum absolute atomic E-state index is 13.1. The molecular weight excluding hydrogens is 386 g/mol. The second-order valence-electron chi connectivity index (χ2n) is 6.22. The zero-order chi connectivity index (χ0) is 19.3. The van der Waals surface area contributed by atoms with Crippen LogP contribution in [0, 0.1) is 0 Å². The zero-order valence-electron chi connectivity index (χ0n) is 14.6. The van der Waals surface area contributed by atoms with E-state index in [1.807, 2.05) is 0 Å². The highest BCUT2D eigenvalue weighted by Crippen LogP contribution is 2.24. The van der Waals surface area contributed by atoms with Gasteiger partial charge >= 0.3 is 0 Å². The smallest absolute Gasteiger partial charge is 0.264 e. The van der Waals surface area contributed by atoms with Crippen molar-refractivity contribution in [3.63, 3.8) is 0 Å². The second kappa shape index (κ2) is 8.54. The molecule has 0 bridgehead atoms. The maximum atomic E-state index is 13.1. The molecule has 1 saturated carbocycles. The van der Waals surface area contributed by atoms with Crippen LogP contribution in [0.15, 0.2) is 64.6 Å². The molecule has 6 nitrogen and oxygen atoms in total. The first kappa shape index (κ1) is 19.4. The summed E-state index contributed by atoms with van der Waals surface area (Å²) in [5, 5.41) is 4.55. The van der Waals surface area contributed by atoms with Crippen molar-refractivity contribution in [2.24, 2.45) is 5.10 Å². The lowest BCUT2D eigenvalue weighted by Crippen LogP contribution is -2.39. The first-order valence-corrected chi connectivity index (χ1v) is 10.5. The molecule has 1 amide bonds. The van der Waals surface area contributed by atoms with Crippen molar-refractivity contribution in [2.45, 2.75) is 30.6 Å². The lowest BCUT2D eigenvalue weighted by Gasteiger charge is -2.23. The number of hydrazone groups is 1. The molecule has 0 heterocycles. The first-order chi connectivity index (χ1) is 13.0. The number of benzene rings is 2. The van der Waals surface area contributed by atoms with E-state index in [9.17, 15) is 13.2 Å². The molecule has 0 saturated heterocycles. The molecule has 2 aromatic carbocycles. The van der Waals surface area contributed by atoms with Crippen LogP contribution < -0.4 is 9.73 Å². The summed E-state index contributed by atoms with van der Waals surface area (Å²) in [6.45, 7) is -0.369. The normalized spacial score (nSPS) is 14.0. The van der Waals surface area contributed by atoms with Crippen molar-refractivity contribution >= 4 is 38.9 Å². The number of sulfonamides is 1. The van der Waals surface area contributed by atoms with E-state index in [4.69, 9.17) is 11.6 Å². The molecule has 27 heavy (non-hydrogen) atoms. The number of rotatable bonds is 6. The van der Waals surface area contributed by atoms with Crippen LogP contribution in [0.4, 0.5) is 5.69 Å².